The average Bonchev–Trinajstić information content (AvgIpc) is 3.20. The van der Waals surface area contributed by atoms with Gasteiger partial charge in [0.1, 0.15) is 12.7 Å². The zero-order valence-corrected chi connectivity index (χ0v) is 37.9. The van der Waals surface area contributed by atoms with Gasteiger partial charge >= 0.3 is 25.7 Å². The van der Waals surface area contributed by atoms with Crippen molar-refractivity contribution in [3.63, 3.8) is 0 Å². The normalized spacial score (nSPS) is 13.8. The van der Waals surface area contributed by atoms with Crippen LogP contribution in [0.2, 0.25) is 0 Å². The van der Waals surface area contributed by atoms with Gasteiger partial charge < -0.3 is 24.2 Å². The van der Waals surface area contributed by atoms with Crippen molar-refractivity contribution in [3.05, 3.63) is 24.3 Å². The van der Waals surface area contributed by atoms with Crippen LogP contribution in [-0.4, -0.2) is 66.5 Å². The van der Waals surface area contributed by atoms with Crippen LogP contribution in [0.4, 0.5) is 0 Å². The van der Waals surface area contributed by atoms with Gasteiger partial charge in [0.15, 0.2) is 6.10 Å². The van der Waals surface area contributed by atoms with Crippen molar-refractivity contribution in [2.45, 2.75) is 226 Å². The van der Waals surface area contributed by atoms with Gasteiger partial charge in [0, 0.05) is 19.3 Å². The van der Waals surface area contributed by atoms with E-state index in [4.69, 9.17) is 23.3 Å². The molecule has 2 N–H and O–H groups in total. The fraction of sp³-hybridized carbons (Fsp3) is 0.848. The molecule has 0 saturated carbocycles. The topological polar surface area (TPSA) is 155 Å². The Morgan fingerprint density at radius 1 is 0.483 bits per heavy atom. The van der Waals surface area contributed by atoms with Crippen molar-refractivity contribution in [3.8, 4) is 0 Å². The van der Waals surface area contributed by atoms with Crippen LogP contribution in [0.3, 0.4) is 0 Å². The summed E-state index contributed by atoms with van der Waals surface area (Å²) >= 11 is 0. The fourth-order valence-electron chi connectivity index (χ4n) is 6.28. The van der Waals surface area contributed by atoms with Gasteiger partial charge in [-0.1, -0.05) is 173 Å². The van der Waals surface area contributed by atoms with Crippen molar-refractivity contribution in [2.75, 3.05) is 26.4 Å². The minimum absolute atomic E-state index is 0.156. The van der Waals surface area contributed by atoms with E-state index < -0.39 is 57.8 Å². The Labute approximate surface area is 353 Å². The summed E-state index contributed by atoms with van der Waals surface area (Å²) in [5.41, 5.74) is 0. The Hall–Kier alpha value is -2.04. The molecule has 0 bridgehead atoms. The number of phosphoric ester groups is 1. The molecule has 0 aliphatic heterocycles. The van der Waals surface area contributed by atoms with Gasteiger partial charge in [-0.05, 0) is 44.9 Å². The SMILES string of the molecule is CCC/C=C\C/C=C\CCCCCCCC(=O)OC(COC(=O)CCCCCCCCCCC)COP(=O)(O)OCC(CO)OC(=O)CCCCCCCCCCC. The van der Waals surface area contributed by atoms with Gasteiger partial charge in [0.2, 0.25) is 0 Å². The van der Waals surface area contributed by atoms with Crippen LogP contribution in [0.1, 0.15) is 213 Å². The maximum absolute atomic E-state index is 12.7. The Bertz CT molecular complexity index is 1080. The number of unbranched alkanes of at least 4 members (excludes halogenated alkanes) is 22. The van der Waals surface area contributed by atoms with Crippen molar-refractivity contribution < 1.29 is 52.2 Å². The predicted molar refractivity (Wildman–Crippen MR) is 233 cm³/mol. The van der Waals surface area contributed by atoms with Crippen LogP contribution in [0.15, 0.2) is 24.3 Å². The van der Waals surface area contributed by atoms with E-state index in [1.54, 1.807) is 0 Å². The van der Waals surface area contributed by atoms with Crippen LogP contribution >= 0.6 is 7.82 Å². The second-order valence-corrected chi connectivity index (χ2v) is 17.0. The lowest BCUT2D eigenvalue weighted by atomic mass is 10.1. The number of allylic oxidation sites excluding steroid dienone is 4. The molecule has 58 heavy (non-hydrogen) atoms. The van der Waals surface area contributed by atoms with Gasteiger partial charge in [-0.25, -0.2) is 4.57 Å². The number of rotatable bonds is 43. The molecule has 3 unspecified atom stereocenters. The second kappa shape index (κ2) is 41.7. The standard InChI is InChI=1S/C46H85O11P/c1-4-7-10-13-16-19-20-21-22-25-28-31-34-37-46(50)57-43(39-53-44(48)35-32-29-26-23-17-14-11-8-5-2)41-55-58(51,52)54-40-42(38-47)56-45(49)36-33-30-27-24-18-15-12-9-6-3/h10,13,19-20,42-43,47H,4-9,11-12,14-18,21-41H2,1-3H3,(H,51,52)/b13-10-,20-19-. The number of ether oxygens (including phenoxy) is 3. The Morgan fingerprint density at radius 3 is 1.34 bits per heavy atom. The molecule has 0 aliphatic carbocycles. The molecule has 0 aromatic heterocycles. The minimum Gasteiger partial charge on any atom is -0.462 e. The van der Waals surface area contributed by atoms with E-state index in [9.17, 15) is 28.9 Å². The van der Waals surface area contributed by atoms with Crippen molar-refractivity contribution in [2.24, 2.45) is 0 Å². The quantitative estimate of drug-likeness (QED) is 0.0198. The largest absolute Gasteiger partial charge is 0.472 e. The first kappa shape index (κ1) is 56.0. The lowest BCUT2D eigenvalue weighted by Crippen LogP contribution is -2.30. The molecular weight excluding hydrogens is 759 g/mol. The van der Waals surface area contributed by atoms with E-state index in [0.29, 0.717) is 19.3 Å². The molecule has 12 heteroatoms. The molecule has 0 spiro atoms. The third-order valence-corrected chi connectivity index (χ3v) is 10.8. The van der Waals surface area contributed by atoms with E-state index >= 15 is 0 Å². The molecule has 0 rings (SSSR count). The molecule has 0 aromatic rings. The van der Waals surface area contributed by atoms with E-state index in [0.717, 1.165) is 83.5 Å². The minimum atomic E-state index is -4.72. The summed E-state index contributed by atoms with van der Waals surface area (Å²) in [6, 6.07) is 0. The van der Waals surface area contributed by atoms with Gasteiger partial charge in [0.25, 0.3) is 0 Å². The van der Waals surface area contributed by atoms with Crippen molar-refractivity contribution in [1.29, 1.82) is 0 Å². The summed E-state index contributed by atoms with van der Waals surface area (Å²) in [5.74, 6) is -1.48. The van der Waals surface area contributed by atoms with Gasteiger partial charge in [0.05, 0.1) is 19.8 Å². The summed E-state index contributed by atoms with van der Waals surface area (Å²) in [6.45, 7) is 4.50. The second-order valence-electron chi connectivity index (χ2n) is 15.6. The smallest absolute Gasteiger partial charge is 0.462 e. The molecule has 0 radical (unpaired) electrons. The summed E-state index contributed by atoms with van der Waals surface area (Å²) < 4.78 is 39.1. The van der Waals surface area contributed by atoms with Gasteiger partial charge in [-0.2, -0.15) is 0 Å². The molecule has 11 nitrogen and oxygen atoms in total. The lowest BCUT2D eigenvalue weighted by Gasteiger charge is -2.21. The van der Waals surface area contributed by atoms with E-state index in [1.165, 1.54) is 70.6 Å². The highest BCUT2D eigenvalue weighted by Gasteiger charge is 2.28. The van der Waals surface area contributed by atoms with Gasteiger partial charge in [-0.3, -0.25) is 23.4 Å². The fourth-order valence-corrected chi connectivity index (χ4v) is 7.06. The maximum atomic E-state index is 12.7. The number of carbonyl (C=O) groups is 3. The highest BCUT2D eigenvalue weighted by Crippen LogP contribution is 2.43. The number of hydrogen-bond donors (Lipinski definition) is 2. The van der Waals surface area contributed by atoms with E-state index in [-0.39, 0.29) is 25.9 Å². The lowest BCUT2D eigenvalue weighted by molar-refractivity contribution is -0.161. The van der Waals surface area contributed by atoms with Gasteiger partial charge in [-0.15, -0.1) is 0 Å². The summed E-state index contributed by atoms with van der Waals surface area (Å²) in [4.78, 5) is 47.9. The summed E-state index contributed by atoms with van der Waals surface area (Å²) in [6.07, 6.45) is 36.0. The number of phosphoric acid groups is 1. The average molecular weight is 845 g/mol. The Kier molecular flexibility index (Phi) is 40.2. The van der Waals surface area contributed by atoms with Crippen LogP contribution in [0.5, 0.6) is 0 Å². The van der Waals surface area contributed by atoms with E-state index in [1.807, 2.05) is 0 Å². The first-order chi connectivity index (χ1) is 28.2. The monoisotopic (exact) mass is 845 g/mol. The summed E-state index contributed by atoms with van der Waals surface area (Å²) in [5, 5.41) is 9.70. The molecule has 340 valence electrons. The zero-order valence-electron chi connectivity index (χ0n) is 37.0. The third kappa shape index (κ3) is 39.4. The number of aliphatic hydroxyl groups excluding tert-OH is 1. The molecule has 0 amide bonds. The molecule has 3 atom stereocenters. The number of aliphatic hydroxyl groups is 1. The van der Waals surface area contributed by atoms with Crippen LogP contribution < -0.4 is 0 Å². The predicted octanol–water partition coefficient (Wildman–Crippen LogP) is 12.4. The maximum Gasteiger partial charge on any atom is 0.472 e. The zero-order chi connectivity index (χ0) is 42.8. The van der Waals surface area contributed by atoms with Crippen molar-refractivity contribution in [1.82, 2.24) is 0 Å². The molecule has 0 aliphatic rings. The molecular formula is C46H85O11P. The number of carbonyl (C=O) groups excluding carboxylic acids is 3. The highest BCUT2D eigenvalue weighted by molar-refractivity contribution is 7.47. The van der Waals surface area contributed by atoms with Crippen LogP contribution in [0.25, 0.3) is 0 Å². The highest BCUT2D eigenvalue weighted by atomic mass is 31.2. The molecule has 0 saturated heterocycles. The van der Waals surface area contributed by atoms with Crippen molar-refractivity contribution >= 4 is 25.7 Å². The first-order valence-electron chi connectivity index (χ1n) is 23.2. The summed E-state index contributed by atoms with van der Waals surface area (Å²) in [7, 11) is -4.72. The molecule has 0 fully saturated rings. The number of esters is 3. The molecule has 0 heterocycles. The van der Waals surface area contributed by atoms with E-state index in [2.05, 4.69) is 45.1 Å². The van der Waals surface area contributed by atoms with Crippen LogP contribution in [0, 0.1) is 0 Å². The van der Waals surface area contributed by atoms with Crippen LogP contribution in [-0.2, 0) is 42.2 Å². The molecule has 0 aromatic carbocycles. The Morgan fingerprint density at radius 2 is 0.879 bits per heavy atom. The third-order valence-electron chi connectivity index (χ3n) is 9.86. The number of hydrogen-bond acceptors (Lipinski definition) is 10. The Balaban J connectivity index is 4.76. The first-order valence-corrected chi connectivity index (χ1v) is 24.7.